The van der Waals surface area contributed by atoms with Gasteiger partial charge in [-0.25, -0.2) is 0 Å². The van der Waals surface area contributed by atoms with Gasteiger partial charge < -0.3 is 9.13 Å². The molecule has 7 aromatic carbocycles. The zero-order chi connectivity index (χ0) is 33.0. The van der Waals surface area contributed by atoms with Crippen LogP contribution in [0.5, 0.6) is 0 Å². The minimum absolute atomic E-state index is 0.318. The lowest BCUT2D eigenvalue weighted by molar-refractivity contribution is 0.648. The summed E-state index contributed by atoms with van der Waals surface area (Å²) in [5.74, 6) is 0. The molecule has 1 aliphatic rings. The monoisotopic (exact) mass is 638 g/mol. The van der Waals surface area contributed by atoms with Crippen molar-refractivity contribution in [3.63, 3.8) is 0 Å². The Morgan fingerprint density at radius 1 is 0.380 bits per heavy atom. The first kappa shape index (κ1) is 28.6. The lowest BCUT2D eigenvalue weighted by Crippen LogP contribution is -2.06. The molecule has 2 heterocycles. The van der Waals surface area contributed by atoms with Crippen LogP contribution in [0, 0.1) is 0 Å². The molecule has 0 saturated heterocycles. The van der Waals surface area contributed by atoms with Gasteiger partial charge in [-0.15, -0.1) is 0 Å². The number of fused-ring (bicyclic) bond motifs is 6. The van der Waals surface area contributed by atoms with E-state index in [4.69, 9.17) is 0 Å². The van der Waals surface area contributed by atoms with Crippen LogP contribution in [0.4, 0.5) is 0 Å². The van der Waals surface area contributed by atoms with Crippen LogP contribution in [0.1, 0.15) is 12.5 Å². The summed E-state index contributed by atoms with van der Waals surface area (Å²) < 4.78 is 4.95. The Balaban J connectivity index is 1.16. The number of benzene rings is 7. The van der Waals surface area contributed by atoms with E-state index in [1.165, 1.54) is 77.0 Å². The molecule has 10 rings (SSSR count). The molecule has 2 heteroatoms. The van der Waals surface area contributed by atoms with Gasteiger partial charge in [0.2, 0.25) is 0 Å². The average Bonchev–Trinajstić information content (AvgIpc) is 3.71. The second kappa shape index (κ2) is 11.6. The van der Waals surface area contributed by atoms with Crippen LogP contribution in [-0.2, 0) is 0 Å². The smallest absolute Gasteiger partial charge is 0.0560 e. The highest BCUT2D eigenvalue weighted by molar-refractivity contribution is 6.12. The third-order valence-electron chi connectivity index (χ3n) is 10.4. The maximum absolute atomic E-state index is 2.51. The molecule has 50 heavy (non-hydrogen) atoms. The van der Waals surface area contributed by atoms with Crippen molar-refractivity contribution >= 4 is 43.6 Å². The summed E-state index contributed by atoms with van der Waals surface area (Å²) in [6.07, 6.45) is 9.93. The zero-order valence-electron chi connectivity index (χ0n) is 27.6. The number of nitrogens with zero attached hydrogens (tertiary/aromatic N) is 2. The summed E-state index contributed by atoms with van der Waals surface area (Å²) in [4.78, 5) is 0. The van der Waals surface area contributed by atoms with E-state index in [2.05, 4.69) is 197 Å². The molecule has 1 aliphatic carbocycles. The Hall–Kier alpha value is -6.38. The van der Waals surface area contributed by atoms with Crippen molar-refractivity contribution in [3.8, 4) is 39.1 Å². The van der Waals surface area contributed by atoms with Crippen molar-refractivity contribution in [1.29, 1.82) is 0 Å². The molecular formula is C48H34N2. The number of rotatable bonds is 5. The standard InChI is InChI=1S/C48H34N2/c1-4-14-33(15-5-1)37-28-38(34-16-6-2-7-17-34)30-40(29-37)50-46-23-13-11-21-42(46)44-32-36(25-27-48(44)50)35-24-26-47-43(31-35)41-20-10-12-22-45(41)49(47)39-18-8-3-9-19-39/h1-18,20-32,39H,19H2. The fraction of sp³-hybridized carbons (Fsp3) is 0.0417. The molecule has 9 aromatic rings. The zero-order valence-corrected chi connectivity index (χ0v) is 27.6. The van der Waals surface area contributed by atoms with E-state index >= 15 is 0 Å². The summed E-state index contributed by atoms with van der Waals surface area (Å²) in [7, 11) is 0. The lowest BCUT2D eigenvalue weighted by atomic mass is 9.98. The van der Waals surface area contributed by atoms with Crippen LogP contribution in [0.3, 0.4) is 0 Å². The van der Waals surface area contributed by atoms with Crippen molar-refractivity contribution < 1.29 is 0 Å². The van der Waals surface area contributed by atoms with Crippen molar-refractivity contribution in [3.05, 3.63) is 188 Å². The van der Waals surface area contributed by atoms with Crippen molar-refractivity contribution in [2.24, 2.45) is 0 Å². The van der Waals surface area contributed by atoms with Crippen LogP contribution in [0.25, 0.3) is 82.7 Å². The maximum Gasteiger partial charge on any atom is 0.0560 e. The molecule has 2 nitrogen and oxygen atoms in total. The van der Waals surface area contributed by atoms with Gasteiger partial charge in [0.1, 0.15) is 0 Å². The molecule has 0 N–H and O–H groups in total. The first-order valence-corrected chi connectivity index (χ1v) is 17.5. The second-order valence-corrected chi connectivity index (χ2v) is 13.3. The molecule has 0 fully saturated rings. The average molecular weight is 639 g/mol. The van der Waals surface area contributed by atoms with E-state index < -0.39 is 0 Å². The van der Waals surface area contributed by atoms with E-state index in [0.29, 0.717) is 6.04 Å². The molecule has 0 radical (unpaired) electrons. The fourth-order valence-corrected chi connectivity index (χ4v) is 8.06. The van der Waals surface area contributed by atoms with E-state index in [-0.39, 0.29) is 0 Å². The van der Waals surface area contributed by atoms with Crippen LogP contribution >= 0.6 is 0 Å². The van der Waals surface area contributed by atoms with Gasteiger partial charge in [0.15, 0.2) is 0 Å². The van der Waals surface area contributed by atoms with Gasteiger partial charge >= 0.3 is 0 Å². The molecule has 236 valence electrons. The van der Waals surface area contributed by atoms with Gasteiger partial charge in [0.05, 0.1) is 17.1 Å². The molecular weight excluding hydrogens is 605 g/mol. The van der Waals surface area contributed by atoms with E-state index in [9.17, 15) is 0 Å². The summed E-state index contributed by atoms with van der Waals surface area (Å²) in [5, 5.41) is 5.11. The Bertz CT molecular complexity index is 2720. The summed E-state index contributed by atoms with van der Waals surface area (Å²) in [6, 6.07) is 60.4. The Morgan fingerprint density at radius 3 is 1.54 bits per heavy atom. The quantitative estimate of drug-likeness (QED) is 0.178. The van der Waals surface area contributed by atoms with Crippen LogP contribution in [0.15, 0.2) is 188 Å². The molecule has 1 atom stereocenters. The van der Waals surface area contributed by atoms with Crippen molar-refractivity contribution in [1.82, 2.24) is 9.13 Å². The number of aromatic nitrogens is 2. The Labute approximate surface area is 291 Å². The SMILES string of the molecule is C1=CCC(n2c3ccccc3c3cc(-c4ccc5c(c4)c4ccccc4n5-c4cc(-c5ccccc5)cc(-c5ccccc5)c4)ccc32)C=C1. The molecule has 0 spiro atoms. The second-order valence-electron chi connectivity index (χ2n) is 13.3. The van der Waals surface area contributed by atoms with Gasteiger partial charge in [0, 0.05) is 38.3 Å². The minimum Gasteiger partial charge on any atom is -0.333 e. The van der Waals surface area contributed by atoms with Crippen LogP contribution in [0.2, 0.25) is 0 Å². The molecule has 0 saturated carbocycles. The van der Waals surface area contributed by atoms with Crippen LogP contribution in [-0.4, -0.2) is 9.13 Å². The molecule has 0 bridgehead atoms. The van der Waals surface area contributed by atoms with E-state index in [1.54, 1.807) is 0 Å². The maximum atomic E-state index is 2.51. The van der Waals surface area contributed by atoms with Gasteiger partial charge in [-0.05, 0) is 94.4 Å². The summed E-state index contributed by atoms with van der Waals surface area (Å²) in [6.45, 7) is 0. The predicted molar refractivity (Wildman–Crippen MR) is 212 cm³/mol. The van der Waals surface area contributed by atoms with Gasteiger partial charge in [-0.3, -0.25) is 0 Å². The topological polar surface area (TPSA) is 9.86 Å². The van der Waals surface area contributed by atoms with E-state index in [0.717, 1.165) is 12.1 Å². The first-order chi connectivity index (χ1) is 24.8. The van der Waals surface area contributed by atoms with Gasteiger partial charge in [-0.2, -0.15) is 0 Å². The predicted octanol–water partition coefficient (Wildman–Crippen LogP) is 12.9. The number of para-hydroxylation sites is 2. The summed E-state index contributed by atoms with van der Waals surface area (Å²) >= 11 is 0. The van der Waals surface area contributed by atoms with Gasteiger partial charge in [-0.1, -0.05) is 133 Å². The molecule has 0 amide bonds. The molecule has 2 aromatic heterocycles. The fourth-order valence-electron chi connectivity index (χ4n) is 8.06. The van der Waals surface area contributed by atoms with Crippen molar-refractivity contribution in [2.45, 2.75) is 12.5 Å². The minimum atomic E-state index is 0.318. The number of allylic oxidation sites excluding steroid dienone is 4. The highest BCUT2D eigenvalue weighted by atomic mass is 15.0. The third-order valence-corrected chi connectivity index (χ3v) is 10.4. The number of hydrogen-bond acceptors (Lipinski definition) is 0. The Morgan fingerprint density at radius 2 is 0.900 bits per heavy atom. The molecule has 0 aliphatic heterocycles. The number of hydrogen-bond donors (Lipinski definition) is 0. The lowest BCUT2D eigenvalue weighted by Gasteiger charge is -2.18. The van der Waals surface area contributed by atoms with Gasteiger partial charge in [0.25, 0.3) is 0 Å². The third kappa shape index (κ3) is 4.64. The highest BCUT2D eigenvalue weighted by Crippen LogP contribution is 2.40. The largest absolute Gasteiger partial charge is 0.333 e. The Kier molecular flexibility index (Phi) is 6.67. The van der Waals surface area contributed by atoms with Crippen molar-refractivity contribution in [2.75, 3.05) is 0 Å². The summed E-state index contributed by atoms with van der Waals surface area (Å²) in [5.41, 5.74) is 13.4. The normalized spacial score (nSPS) is 14.4. The van der Waals surface area contributed by atoms with E-state index in [1.807, 2.05) is 0 Å². The van der Waals surface area contributed by atoms with Crippen LogP contribution < -0.4 is 0 Å². The molecule has 1 unspecified atom stereocenters. The highest BCUT2D eigenvalue weighted by Gasteiger charge is 2.19. The first-order valence-electron chi connectivity index (χ1n) is 17.5.